The van der Waals surface area contributed by atoms with Crippen LogP contribution in [0.4, 0.5) is 13.2 Å². The highest BCUT2D eigenvalue weighted by molar-refractivity contribution is 5.29. The third kappa shape index (κ3) is 3.85. The molecule has 0 aliphatic carbocycles. The van der Waals surface area contributed by atoms with Crippen molar-refractivity contribution in [1.82, 2.24) is 19.7 Å². The SMILES string of the molecule is Cc1nc(C(O)c2ccc(C(F)(F)F)cc2)n(C2CCN(C)CC2)n1. The van der Waals surface area contributed by atoms with E-state index in [0.717, 1.165) is 38.1 Å². The van der Waals surface area contributed by atoms with Crippen molar-refractivity contribution in [1.29, 1.82) is 0 Å². The molecule has 0 spiro atoms. The number of rotatable bonds is 3. The van der Waals surface area contributed by atoms with Gasteiger partial charge in [0.1, 0.15) is 11.9 Å². The number of hydrogen-bond acceptors (Lipinski definition) is 4. The summed E-state index contributed by atoms with van der Waals surface area (Å²) in [6.07, 6.45) is -3.71. The summed E-state index contributed by atoms with van der Waals surface area (Å²) in [5.74, 6) is 0.923. The van der Waals surface area contributed by atoms with Crippen molar-refractivity contribution in [3.05, 3.63) is 47.0 Å². The Morgan fingerprint density at radius 2 is 1.76 bits per heavy atom. The van der Waals surface area contributed by atoms with Gasteiger partial charge in [-0.2, -0.15) is 18.3 Å². The van der Waals surface area contributed by atoms with E-state index in [1.807, 2.05) is 0 Å². The standard InChI is InChI=1S/C17H21F3N4O/c1-11-21-16(24(22-11)14-7-9-23(2)10-8-14)15(25)12-3-5-13(6-4-12)17(18,19)20/h3-6,14-15,25H,7-10H2,1-2H3. The first kappa shape index (κ1) is 17.9. The molecule has 1 aromatic carbocycles. The first-order valence-corrected chi connectivity index (χ1v) is 8.22. The maximum absolute atomic E-state index is 12.7. The van der Waals surface area contributed by atoms with Crippen molar-refractivity contribution in [2.75, 3.05) is 20.1 Å². The highest BCUT2D eigenvalue weighted by Crippen LogP contribution is 2.32. The predicted molar refractivity (Wildman–Crippen MR) is 86.0 cm³/mol. The lowest BCUT2D eigenvalue weighted by atomic mass is 10.0. The van der Waals surface area contributed by atoms with Crippen LogP contribution in [0.2, 0.25) is 0 Å². The van der Waals surface area contributed by atoms with Crippen LogP contribution in [0.5, 0.6) is 0 Å². The number of hydrogen-bond donors (Lipinski definition) is 1. The molecular formula is C17H21F3N4O. The van der Waals surface area contributed by atoms with Crippen molar-refractivity contribution < 1.29 is 18.3 Å². The molecule has 8 heteroatoms. The predicted octanol–water partition coefficient (Wildman–Crippen LogP) is 2.95. The number of piperidine rings is 1. The molecule has 3 rings (SSSR count). The number of benzene rings is 1. The van der Waals surface area contributed by atoms with E-state index in [4.69, 9.17) is 0 Å². The van der Waals surface area contributed by atoms with Gasteiger partial charge in [-0.25, -0.2) is 9.67 Å². The third-order valence-corrected chi connectivity index (χ3v) is 4.60. The first-order valence-electron chi connectivity index (χ1n) is 8.22. The summed E-state index contributed by atoms with van der Waals surface area (Å²) in [5, 5.41) is 15.1. The van der Waals surface area contributed by atoms with Gasteiger partial charge in [-0.1, -0.05) is 12.1 Å². The van der Waals surface area contributed by atoms with Crippen LogP contribution in [0.15, 0.2) is 24.3 Å². The third-order valence-electron chi connectivity index (χ3n) is 4.60. The van der Waals surface area contributed by atoms with Crippen molar-refractivity contribution in [3.8, 4) is 0 Å². The van der Waals surface area contributed by atoms with Gasteiger partial charge in [-0.15, -0.1) is 0 Å². The van der Waals surface area contributed by atoms with E-state index in [1.165, 1.54) is 12.1 Å². The number of halogens is 3. The summed E-state index contributed by atoms with van der Waals surface area (Å²) in [5.41, 5.74) is -0.369. The molecule has 1 atom stereocenters. The van der Waals surface area contributed by atoms with Gasteiger partial charge in [0.05, 0.1) is 11.6 Å². The number of aryl methyl sites for hydroxylation is 1. The van der Waals surface area contributed by atoms with E-state index < -0.39 is 17.8 Å². The maximum Gasteiger partial charge on any atom is 0.416 e. The summed E-state index contributed by atoms with van der Waals surface area (Å²) in [6, 6.07) is 4.66. The lowest BCUT2D eigenvalue weighted by Crippen LogP contribution is -2.32. The summed E-state index contributed by atoms with van der Waals surface area (Å²) in [4.78, 5) is 6.55. The molecule has 1 saturated heterocycles. The average Bonchev–Trinajstić information content (AvgIpc) is 2.96. The Labute approximate surface area is 144 Å². The molecule has 1 fully saturated rings. The molecule has 0 bridgehead atoms. The quantitative estimate of drug-likeness (QED) is 0.921. The van der Waals surface area contributed by atoms with E-state index in [-0.39, 0.29) is 6.04 Å². The molecule has 2 aromatic rings. The molecule has 1 aliphatic rings. The zero-order chi connectivity index (χ0) is 18.2. The number of aromatic nitrogens is 3. The molecule has 136 valence electrons. The van der Waals surface area contributed by atoms with Gasteiger partial charge in [-0.3, -0.25) is 0 Å². The van der Waals surface area contributed by atoms with Crippen molar-refractivity contribution in [2.24, 2.45) is 0 Å². The second-order valence-electron chi connectivity index (χ2n) is 6.52. The van der Waals surface area contributed by atoms with Crippen LogP contribution in [-0.2, 0) is 6.18 Å². The monoisotopic (exact) mass is 354 g/mol. The Hall–Kier alpha value is -1.93. The Morgan fingerprint density at radius 3 is 2.32 bits per heavy atom. The Morgan fingerprint density at radius 1 is 1.16 bits per heavy atom. The minimum atomic E-state index is -4.39. The van der Waals surface area contributed by atoms with Crippen LogP contribution in [0.1, 0.15) is 47.8 Å². The maximum atomic E-state index is 12.7. The first-order chi connectivity index (χ1) is 11.8. The Kier molecular flexibility index (Phi) is 4.83. The summed E-state index contributed by atoms with van der Waals surface area (Å²) >= 11 is 0. The van der Waals surface area contributed by atoms with Gasteiger partial charge in [-0.05, 0) is 57.6 Å². The van der Waals surface area contributed by atoms with Crippen LogP contribution in [0.25, 0.3) is 0 Å². The molecular weight excluding hydrogens is 333 g/mol. The fourth-order valence-corrected chi connectivity index (χ4v) is 3.14. The van der Waals surface area contributed by atoms with Gasteiger partial charge in [0.25, 0.3) is 0 Å². The fraction of sp³-hybridized carbons (Fsp3) is 0.529. The molecule has 0 amide bonds. The van der Waals surface area contributed by atoms with Crippen LogP contribution in [0.3, 0.4) is 0 Å². The van der Waals surface area contributed by atoms with E-state index in [9.17, 15) is 18.3 Å². The second-order valence-corrected chi connectivity index (χ2v) is 6.52. The zero-order valence-electron chi connectivity index (χ0n) is 14.2. The fourth-order valence-electron chi connectivity index (χ4n) is 3.14. The zero-order valence-corrected chi connectivity index (χ0v) is 14.2. The van der Waals surface area contributed by atoms with E-state index in [2.05, 4.69) is 22.0 Å². The second kappa shape index (κ2) is 6.76. The van der Waals surface area contributed by atoms with Gasteiger partial charge in [0.15, 0.2) is 5.82 Å². The van der Waals surface area contributed by atoms with Crippen molar-refractivity contribution >= 4 is 0 Å². The van der Waals surface area contributed by atoms with Crippen molar-refractivity contribution in [2.45, 2.75) is 38.1 Å². The van der Waals surface area contributed by atoms with Crippen LogP contribution in [-0.4, -0.2) is 44.9 Å². The summed E-state index contributed by atoms with van der Waals surface area (Å²) in [7, 11) is 2.06. The average molecular weight is 354 g/mol. The highest BCUT2D eigenvalue weighted by atomic mass is 19.4. The minimum absolute atomic E-state index is 0.136. The van der Waals surface area contributed by atoms with Crippen LogP contribution >= 0.6 is 0 Å². The smallest absolute Gasteiger partial charge is 0.380 e. The van der Waals surface area contributed by atoms with Gasteiger partial charge >= 0.3 is 6.18 Å². The lowest BCUT2D eigenvalue weighted by molar-refractivity contribution is -0.137. The summed E-state index contributed by atoms with van der Waals surface area (Å²) in [6.45, 7) is 3.60. The van der Waals surface area contributed by atoms with Crippen molar-refractivity contribution in [3.63, 3.8) is 0 Å². The number of aliphatic hydroxyl groups is 1. The molecule has 1 N–H and O–H groups in total. The molecule has 2 heterocycles. The highest BCUT2D eigenvalue weighted by Gasteiger charge is 2.31. The minimum Gasteiger partial charge on any atom is -0.380 e. The molecule has 5 nitrogen and oxygen atoms in total. The molecule has 1 unspecified atom stereocenters. The number of alkyl halides is 3. The summed E-state index contributed by atoms with van der Waals surface area (Å²) < 4.78 is 39.8. The van der Waals surface area contributed by atoms with Gasteiger partial charge in [0.2, 0.25) is 0 Å². The Bertz CT molecular complexity index is 718. The lowest BCUT2D eigenvalue weighted by Gasteiger charge is -2.30. The van der Waals surface area contributed by atoms with Crippen LogP contribution in [0, 0.1) is 6.92 Å². The Balaban J connectivity index is 1.86. The van der Waals surface area contributed by atoms with Gasteiger partial charge < -0.3 is 10.0 Å². The van der Waals surface area contributed by atoms with E-state index in [1.54, 1.807) is 11.6 Å². The van der Waals surface area contributed by atoms with Gasteiger partial charge in [0, 0.05) is 0 Å². The topological polar surface area (TPSA) is 54.2 Å². The molecule has 0 saturated carbocycles. The normalized spacial score (nSPS) is 18.5. The molecule has 25 heavy (non-hydrogen) atoms. The largest absolute Gasteiger partial charge is 0.416 e. The molecule has 1 aliphatic heterocycles. The number of nitrogens with zero attached hydrogens (tertiary/aromatic N) is 4. The number of aliphatic hydroxyl groups excluding tert-OH is 1. The molecule has 0 radical (unpaired) electrons. The van der Waals surface area contributed by atoms with Crippen LogP contribution < -0.4 is 0 Å². The van der Waals surface area contributed by atoms with E-state index >= 15 is 0 Å². The number of likely N-dealkylation sites (tertiary alicyclic amines) is 1. The van der Waals surface area contributed by atoms with E-state index in [0.29, 0.717) is 17.2 Å². The molecule has 1 aromatic heterocycles.